The number of carbonyl (C=O) groups excluding carboxylic acids is 3. The summed E-state index contributed by atoms with van der Waals surface area (Å²) in [7, 11) is 4.41. The average Bonchev–Trinajstić information content (AvgIpc) is 2.55. The molecule has 1 aromatic rings. The molecule has 2 amide bonds. The molecule has 9 nitrogen and oxygen atoms in total. The van der Waals surface area contributed by atoms with Crippen LogP contribution in [0.2, 0.25) is 0 Å². The van der Waals surface area contributed by atoms with E-state index in [0.29, 0.717) is 19.4 Å². The lowest BCUT2D eigenvalue weighted by Crippen LogP contribution is -2.42. The van der Waals surface area contributed by atoms with Crippen molar-refractivity contribution in [1.29, 1.82) is 0 Å². The molecule has 0 saturated heterocycles. The van der Waals surface area contributed by atoms with Crippen LogP contribution in [0.25, 0.3) is 0 Å². The molecule has 0 radical (unpaired) electrons. The van der Waals surface area contributed by atoms with E-state index in [1.807, 2.05) is 0 Å². The Morgan fingerprint density at radius 2 is 1.88 bits per heavy atom. The lowest BCUT2D eigenvalue weighted by molar-refractivity contribution is -0.144. The van der Waals surface area contributed by atoms with E-state index in [2.05, 4.69) is 4.98 Å². The van der Waals surface area contributed by atoms with Crippen LogP contribution in [-0.4, -0.2) is 63.2 Å². The standard InChI is InChI=1S/C15H20N4O5/c1-8(20)13(22)18(4)9-6-5-7-19-12(9)16-10(11(21)15(19)24)14(23)17(2)3/h9,21H,5-7H2,1-4H3. The Balaban J connectivity index is 2.60. The van der Waals surface area contributed by atoms with Crippen molar-refractivity contribution in [3.05, 3.63) is 21.9 Å². The molecule has 9 heteroatoms. The summed E-state index contributed by atoms with van der Waals surface area (Å²) < 4.78 is 1.25. The summed E-state index contributed by atoms with van der Waals surface area (Å²) in [5.74, 6) is -2.44. The Morgan fingerprint density at radius 3 is 2.42 bits per heavy atom. The van der Waals surface area contributed by atoms with E-state index in [0.717, 1.165) is 0 Å². The van der Waals surface area contributed by atoms with Gasteiger partial charge in [-0.3, -0.25) is 23.7 Å². The normalized spacial score (nSPS) is 16.2. The molecule has 0 spiro atoms. The molecule has 0 aromatic carbocycles. The lowest BCUT2D eigenvalue weighted by atomic mass is 10.0. The maximum absolute atomic E-state index is 12.4. The minimum Gasteiger partial charge on any atom is -0.501 e. The zero-order valence-electron chi connectivity index (χ0n) is 14.1. The van der Waals surface area contributed by atoms with Crippen LogP contribution in [-0.2, 0) is 16.1 Å². The highest BCUT2D eigenvalue weighted by molar-refractivity contribution is 6.35. The van der Waals surface area contributed by atoms with Crippen LogP contribution in [0.4, 0.5) is 0 Å². The molecule has 0 saturated carbocycles. The molecule has 0 bridgehead atoms. The van der Waals surface area contributed by atoms with Gasteiger partial charge in [-0.2, -0.15) is 0 Å². The van der Waals surface area contributed by atoms with Crippen molar-refractivity contribution in [2.24, 2.45) is 0 Å². The zero-order valence-corrected chi connectivity index (χ0v) is 14.1. The molecule has 1 atom stereocenters. The fourth-order valence-corrected chi connectivity index (χ4v) is 2.72. The van der Waals surface area contributed by atoms with Crippen molar-refractivity contribution in [3.63, 3.8) is 0 Å². The van der Waals surface area contributed by atoms with Gasteiger partial charge in [-0.1, -0.05) is 0 Å². The van der Waals surface area contributed by atoms with Gasteiger partial charge in [-0.25, -0.2) is 4.98 Å². The van der Waals surface area contributed by atoms with Crippen molar-refractivity contribution in [2.75, 3.05) is 21.1 Å². The summed E-state index contributed by atoms with van der Waals surface area (Å²) in [4.78, 5) is 54.4. The molecule has 1 aliphatic heterocycles. The molecule has 24 heavy (non-hydrogen) atoms. The van der Waals surface area contributed by atoms with Gasteiger partial charge >= 0.3 is 0 Å². The highest BCUT2D eigenvalue weighted by Crippen LogP contribution is 2.29. The summed E-state index contributed by atoms with van der Waals surface area (Å²) in [6.45, 7) is 1.49. The highest BCUT2D eigenvalue weighted by atomic mass is 16.3. The van der Waals surface area contributed by atoms with E-state index in [1.54, 1.807) is 0 Å². The van der Waals surface area contributed by atoms with E-state index in [-0.39, 0.29) is 11.5 Å². The van der Waals surface area contributed by atoms with E-state index in [9.17, 15) is 24.3 Å². The number of ketones is 1. The first kappa shape index (κ1) is 17.6. The highest BCUT2D eigenvalue weighted by Gasteiger charge is 2.33. The average molecular weight is 336 g/mol. The largest absolute Gasteiger partial charge is 0.501 e. The third kappa shape index (κ3) is 2.89. The molecule has 0 fully saturated rings. The van der Waals surface area contributed by atoms with E-state index in [1.165, 1.54) is 42.4 Å². The first-order valence-electron chi connectivity index (χ1n) is 7.49. The first-order valence-corrected chi connectivity index (χ1v) is 7.49. The number of rotatable bonds is 3. The number of fused-ring (bicyclic) bond motifs is 1. The van der Waals surface area contributed by atoms with Gasteiger partial charge < -0.3 is 14.9 Å². The van der Waals surface area contributed by atoms with E-state index < -0.39 is 34.9 Å². The first-order chi connectivity index (χ1) is 11.2. The van der Waals surface area contributed by atoms with Crippen LogP contribution < -0.4 is 5.56 Å². The fraction of sp³-hybridized carbons (Fsp3) is 0.533. The van der Waals surface area contributed by atoms with Crippen molar-refractivity contribution >= 4 is 17.6 Å². The van der Waals surface area contributed by atoms with Crippen LogP contribution in [0.15, 0.2) is 4.79 Å². The Bertz CT molecular complexity index is 768. The van der Waals surface area contributed by atoms with Gasteiger partial charge in [0.1, 0.15) is 5.82 Å². The van der Waals surface area contributed by atoms with Crippen LogP contribution in [0, 0.1) is 0 Å². The molecule has 1 aromatic heterocycles. The van der Waals surface area contributed by atoms with Crippen LogP contribution in [0.5, 0.6) is 5.75 Å². The second-order valence-electron chi connectivity index (χ2n) is 5.95. The molecule has 1 unspecified atom stereocenters. The van der Waals surface area contributed by atoms with Crippen molar-refractivity contribution < 1.29 is 19.5 Å². The Hall–Kier alpha value is -2.71. The number of hydrogen-bond donors (Lipinski definition) is 1. The molecule has 1 aliphatic rings. The summed E-state index contributed by atoms with van der Waals surface area (Å²) in [5, 5.41) is 10.0. The third-order valence-electron chi connectivity index (χ3n) is 4.03. The number of aromatic hydroxyl groups is 1. The minimum atomic E-state index is -0.724. The maximum Gasteiger partial charge on any atom is 0.296 e. The number of Topliss-reactive ketones (excluding diaryl/α,β-unsaturated/α-hetero) is 1. The number of likely N-dealkylation sites (N-methyl/N-ethyl adjacent to an activating group) is 1. The maximum atomic E-state index is 12.4. The van der Waals surface area contributed by atoms with Gasteiger partial charge in [0.15, 0.2) is 5.69 Å². The Labute approximate surface area is 138 Å². The second-order valence-corrected chi connectivity index (χ2v) is 5.95. The van der Waals surface area contributed by atoms with Gasteiger partial charge in [-0.05, 0) is 12.8 Å². The number of carbonyl (C=O) groups is 3. The van der Waals surface area contributed by atoms with Gasteiger partial charge in [0, 0.05) is 34.6 Å². The summed E-state index contributed by atoms with van der Waals surface area (Å²) in [6.07, 6.45) is 1.08. The number of aromatic nitrogens is 2. The Kier molecular flexibility index (Phi) is 4.72. The summed E-state index contributed by atoms with van der Waals surface area (Å²) >= 11 is 0. The van der Waals surface area contributed by atoms with E-state index in [4.69, 9.17) is 0 Å². The lowest BCUT2D eigenvalue weighted by Gasteiger charge is -2.32. The fourth-order valence-electron chi connectivity index (χ4n) is 2.72. The third-order valence-corrected chi connectivity index (χ3v) is 4.03. The number of nitrogens with zero attached hydrogens (tertiary/aromatic N) is 4. The predicted octanol–water partition coefficient (Wildman–Crippen LogP) is -0.467. The molecule has 2 heterocycles. The predicted molar refractivity (Wildman–Crippen MR) is 83.6 cm³/mol. The van der Waals surface area contributed by atoms with Crippen LogP contribution in [0.3, 0.4) is 0 Å². The Morgan fingerprint density at radius 1 is 1.25 bits per heavy atom. The molecule has 1 N–H and O–H groups in total. The van der Waals surface area contributed by atoms with Crippen molar-refractivity contribution in [3.8, 4) is 5.75 Å². The topological polar surface area (TPSA) is 113 Å². The molecular weight excluding hydrogens is 316 g/mol. The number of hydrogen-bond acceptors (Lipinski definition) is 6. The van der Waals surface area contributed by atoms with Gasteiger partial charge in [-0.15, -0.1) is 0 Å². The van der Waals surface area contributed by atoms with Crippen LogP contribution >= 0.6 is 0 Å². The zero-order chi connectivity index (χ0) is 18.2. The van der Waals surface area contributed by atoms with Crippen LogP contribution in [0.1, 0.15) is 42.1 Å². The van der Waals surface area contributed by atoms with Gasteiger partial charge in [0.05, 0.1) is 6.04 Å². The van der Waals surface area contributed by atoms with Crippen molar-refractivity contribution in [2.45, 2.75) is 32.4 Å². The summed E-state index contributed by atoms with van der Waals surface area (Å²) in [5.41, 5.74) is -1.08. The SMILES string of the molecule is CC(=O)C(=O)N(C)C1CCCn2c1nc(C(=O)N(C)C)c(O)c2=O. The molecule has 2 rings (SSSR count). The molecular formula is C15H20N4O5. The quantitative estimate of drug-likeness (QED) is 0.747. The van der Waals surface area contributed by atoms with E-state index >= 15 is 0 Å². The second kappa shape index (κ2) is 6.42. The van der Waals surface area contributed by atoms with Crippen molar-refractivity contribution in [1.82, 2.24) is 19.4 Å². The number of amides is 2. The minimum absolute atomic E-state index is 0.200. The molecule has 130 valence electrons. The summed E-state index contributed by atoms with van der Waals surface area (Å²) in [6, 6.07) is -0.614. The van der Waals surface area contributed by atoms with Gasteiger partial charge in [0.25, 0.3) is 17.4 Å². The monoisotopic (exact) mass is 336 g/mol. The van der Waals surface area contributed by atoms with Gasteiger partial charge in [0.2, 0.25) is 11.5 Å². The molecule has 0 aliphatic carbocycles. The smallest absolute Gasteiger partial charge is 0.296 e.